The van der Waals surface area contributed by atoms with E-state index >= 15 is 0 Å². The zero-order chi connectivity index (χ0) is 24.0. The van der Waals surface area contributed by atoms with E-state index in [1.807, 2.05) is 30.3 Å². The molecule has 1 fully saturated rings. The number of hydrogen-bond donors (Lipinski definition) is 2. The minimum atomic E-state index is -0.576. The number of rotatable bonds is 4. The van der Waals surface area contributed by atoms with Gasteiger partial charge in [-0.1, -0.05) is 37.3 Å². The van der Waals surface area contributed by atoms with Crippen LogP contribution in [-0.2, 0) is 22.4 Å². The number of aromatic hydroxyl groups is 1. The smallest absolute Gasteiger partial charge is 0.258 e. The van der Waals surface area contributed by atoms with Gasteiger partial charge in [0.1, 0.15) is 24.7 Å². The van der Waals surface area contributed by atoms with Crippen molar-refractivity contribution in [2.45, 2.75) is 19.8 Å². The van der Waals surface area contributed by atoms with Crippen molar-refractivity contribution in [2.24, 2.45) is 0 Å². The van der Waals surface area contributed by atoms with Crippen molar-refractivity contribution in [1.29, 1.82) is 0 Å². The molecule has 172 valence electrons. The molecular weight excluding hydrogens is 439 g/mol. The molecule has 2 N–H and O–H groups in total. The van der Waals surface area contributed by atoms with Gasteiger partial charge in [0.05, 0.1) is 5.56 Å². The molecule has 1 saturated heterocycles. The summed E-state index contributed by atoms with van der Waals surface area (Å²) in [6, 6.07) is 13.4. The Balaban J connectivity index is 1.65. The largest absolute Gasteiger partial charge is 0.504 e. The van der Waals surface area contributed by atoms with Crippen LogP contribution in [0.3, 0.4) is 0 Å². The summed E-state index contributed by atoms with van der Waals surface area (Å²) >= 11 is 0. The molecule has 8 heteroatoms. The van der Waals surface area contributed by atoms with E-state index in [2.05, 4.69) is 5.32 Å². The maximum Gasteiger partial charge on any atom is 0.258 e. The molecule has 34 heavy (non-hydrogen) atoms. The van der Waals surface area contributed by atoms with Crippen molar-refractivity contribution in [1.82, 2.24) is 10.2 Å². The lowest BCUT2D eigenvalue weighted by molar-refractivity contribution is -0.135. The zero-order valence-electron chi connectivity index (χ0n) is 18.4. The van der Waals surface area contributed by atoms with Crippen LogP contribution in [0.5, 0.6) is 17.2 Å². The van der Waals surface area contributed by atoms with Gasteiger partial charge in [0.2, 0.25) is 11.8 Å². The van der Waals surface area contributed by atoms with Gasteiger partial charge < -0.3 is 14.7 Å². The van der Waals surface area contributed by atoms with E-state index in [1.165, 1.54) is 6.07 Å². The molecule has 1 aliphatic carbocycles. The summed E-state index contributed by atoms with van der Waals surface area (Å²) in [5.41, 5.74) is 3.91. The molecule has 0 bridgehead atoms. The summed E-state index contributed by atoms with van der Waals surface area (Å²) in [6.07, 6.45) is 1.01. The second kappa shape index (κ2) is 8.30. The van der Waals surface area contributed by atoms with Crippen molar-refractivity contribution in [3.05, 3.63) is 76.6 Å². The van der Waals surface area contributed by atoms with Gasteiger partial charge in [0.15, 0.2) is 11.5 Å². The first kappa shape index (κ1) is 21.6. The van der Waals surface area contributed by atoms with Gasteiger partial charge in [-0.25, -0.2) is 4.39 Å². The highest BCUT2D eigenvalue weighted by Gasteiger charge is 2.32. The molecule has 0 atom stereocenters. The SMILES string of the molecule is CCc1cc(O)c(Oc2c(C(=O)N3CC(=O)NC(=O)C3)ccc3c2-c2ccccc2C3)cc1F. The van der Waals surface area contributed by atoms with Gasteiger partial charge in [-0.3, -0.25) is 19.7 Å². The summed E-state index contributed by atoms with van der Waals surface area (Å²) in [5, 5.41) is 12.7. The number of piperazine rings is 1. The summed E-state index contributed by atoms with van der Waals surface area (Å²) in [5.74, 6) is -2.50. The van der Waals surface area contributed by atoms with Crippen LogP contribution >= 0.6 is 0 Å². The molecule has 3 aromatic carbocycles. The predicted octanol–water partition coefficient (Wildman–Crippen LogP) is 3.56. The molecule has 0 spiro atoms. The van der Waals surface area contributed by atoms with Crippen molar-refractivity contribution in [2.75, 3.05) is 13.1 Å². The number of hydrogen-bond acceptors (Lipinski definition) is 5. The number of carbonyl (C=O) groups is 3. The summed E-state index contributed by atoms with van der Waals surface area (Å²) < 4.78 is 20.6. The Kier molecular flexibility index (Phi) is 5.28. The van der Waals surface area contributed by atoms with Gasteiger partial charge >= 0.3 is 0 Å². The number of carbonyl (C=O) groups excluding carboxylic acids is 3. The number of amides is 3. The lowest BCUT2D eigenvalue weighted by atomic mass is 9.99. The summed E-state index contributed by atoms with van der Waals surface area (Å²) in [6.45, 7) is 1.22. The minimum absolute atomic E-state index is 0.109. The van der Waals surface area contributed by atoms with Gasteiger partial charge in [-0.2, -0.15) is 0 Å². The fourth-order valence-corrected chi connectivity index (χ4v) is 4.46. The van der Waals surface area contributed by atoms with Crippen LogP contribution in [0.25, 0.3) is 11.1 Å². The maximum absolute atomic E-state index is 14.5. The molecule has 3 aromatic rings. The van der Waals surface area contributed by atoms with Crippen LogP contribution in [0.1, 0.15) is 34.0 Å². The second-order valence-corrected chi connectivity index (χ2v) is 8.31. The highest BCUT2D eigenvalue weighted by molar-refractivity contribution is 6.07. The van der Waals surface area contributed by atoms with E-state index in [0.717, 1.165) is 27.7 Å². The molecule has 5 rings (SSSR count). The quantitative estimate of drug-likeness (QED) is 0.454. The van der Waals surface area contributed by atoms with Crippen LogP contribution in [0.15, 0.2) is 48.5 Å². The van der Waals surface area contributed by atoms with Gasteiger partial charge in [0, 0.05) is 11.6 Å². The van der Waals surface area contributed by atoms with Crippen molar-refractivity contribution < 1.29 is 28.6 Å². The summed E-state index contributed by atoms with van der Waals surface area (Å²) in [7, 11) is 0. The number of halogens is 1. The topological polar surface area (TPSA) is 95.9 Å². The number of benzene rings is 3. The van der Waals surface area contributed by atoms with E-state index in [1.54, 1.807) is 13.0 Å². The van der Waals surface area contributed by atoms with Gasteiger partial charge in [-0.05, 0) is 47.2 Å². The van der Waals surface area contributed by atoms with Crippen molar-refractivity contribution in [3.63, 3.8) is 0 Å². The van der Waals surface area contributed by atoms with Crippen LogP contribution < -0.4 is 10.1 Å². The third-order valence-electron chi connectivity index (χ3n) is 6.10. The average molecular weight is 460 g/mol. The minimum Gasteiger partial charge on any atom is -0.504 e. The number of phenols is 1. The van der Waals surface area contributed by atoms with E-state index in [-0.39, 0.29) is 35.9 Å². The van der Waals surface area contributed by atoms with Crippen LogP contribution in [-0.4, -0.2) is 40.8 Å². The van der Waals surface area contributed by atoms with Crippen LogP contribution in [0.2, 0.25) is 0 Å². The van der Waals surface area contributed by atoms with E-state index in [4.69, 9.17) is 4.74 Å². The van der Waals surface area contributed by atoms with Gasteiger partial charge in [0.25, 0.3) is 5.91 Å². The summed E-state index contributed by atoms with van der Waals surface area (Å²) in [4.78, 5) is 38.3. The Labute approximate surface area is 194 Å². The number of fused-ring (bicyclic) bond motifs is 3. The fraction of sp³-hybridized carbons (Fsp3) is 0.192. The number of phenolic OH excluding ortho intramolecular Hbond substituents is 1. The third kappa shape index (κ3) is 3.67. The van der Waals surface area contributed by atoms with Crippen molar-refractivity contribution >= 4 is 17.7 Å². The first-order valence-electron chi connectivity index (χ1n) is 10.9. The second-order valence-electron chi connectivity index (χ2n) is 8.31. The number of imide groups is 1. The Bertz CT molecular complexity index is 1350. The standard InChI is InChI=1S/C26H21FN2O5/c1-2-14-10-20(30)21(11-19(14)27)34-25-18(26(33)29-12-22(31)28-23(32)13-29)8-7-16-9-15-5-3-4-6-17(15)24(16)25/h3-8,10-11,30H,2,9,12-13H2,1H3,(H,28,31,32). The molecule has 0 radical (unpaired) electrons. The third-order valence-corrected chi connectivity index (χ3v) is 6.10. The monoisotopic (exact) mass is 460 g/mol. The molecule has 3 amide bonds. The van der Waals surface area contributed by atoms with E-state index < -0.39 is 23.5 Å². The van der Waals surface area contributed by atoms with Crippen molar-refractivity contribution in [3.8, 4) is 28.4 Å². The molecule has 2 aliphatic rings. The Morgan fingerprint density at radius 3 is 2.56 bits per heavy atom. The lowest BCUT2D eigenvalue weighted by Gasteiger charge is -2.27. The lowest BCUT2D eigenvalue weighted by Crippen LogP contribution is -2.53. The van der Waals surface area contributed by atoms with E-state index in [0.29, 0.717) is 24.0 Å². The Morgan fingerprint density at radius 1 is 1.09 bits per heavy atom. The molecule has 0 unspecified atom stereocenters. The highest BCUT2D eigenvalue weighted by atomic mass is 19.1. The van der Waals surface area contributed by atoms with E-state index in [9.17, 15) is 23.9 Å². The zero-order valence-corrected chi connectivity index (χ0v) is 18.4. The fourth-order valence-electron chi connectivity index (χ4n) is 4.46. The highest BCUT2D eigenvalue weighted by Crippen LogP contribution is 2.47. The number of nitrogens with one attached hydrogen (secondary N) is 1. The average Bonchev–Trinajstić information content (AvgIpc) is 3.19. The molecule has 1 heterocycles. The number of nitrogens with zero attached hydrogens (tertiary/aromatic N) is 1. The Morgan fingerprint density at radius 2 is 1.82 bits per heavy atom. The number of aryl methyl sites for hydroxylation is 1. The van der Waals surface area contributed by atoms with Crippen LogP contribution in [0, 0.1) is 5.82 Å². The molecule has 0 aromatic heterocycles. The number of ether oxygens (including phenoxy) is 1. The first-order valence-corrected chi connectivity index (χ1v) is 10.9. The molecular formula is C26H21FN2O5. The first-order chi connectivity index (χ1) is 16.4. The van der Waals surface area contributed by atoms with Gasteiger partial charge in [-0.15, -0.1) is 0 Å². The molecule has 1 aliphatic heterocycles. The predicted molar refractivity (Wildman–Crippen MR) is 121 cm³/mol. The Hall–Kier alpha value is -4.20. The maximum atomic E-state index is 14.5. The normalized spacial score (nSPS) is 14.5. The molecule has 7 nitrogen and oxygen atoms in total. The molecule has 0 saturated carbocycles. The van der Waals surface area contributed by atoms with Crippen LogP contribution in [0.4, 0.5) is 4.39 Å².